The lowest BCUT2D eigenvalue weighted by atomic mass is 9.95. The number of aliphatic hydroxyl groups is 4. The van der Waals surface area contributed by atoms with Crippen LogP contribution in [0.2, 0.25) is 0 Å². The van der Waals surface area contributed by atoms with Crippen LogP contribution in [0.3, 0.4) is 0 Å². The zero-order valence-electron chi connectivity index (χ0n) is 62.1. The van der Waals surface area contributed by atoms with Crippen molar-refractivity contribution in [2.24, 2.45) is 35.5 Å². The second kappa shape index (κ2) is 40.2. The van der Waals surface area contributed by atoms with Crippen LogP contribution >= 0.6 is 0 Å². The standard InChI is InChI=1S/C68H114N14O18/c1-22-38(11)53-68(100)79(18)46(33-84)63(95)80(19)54(39(12)23-2)60(92)71-44(32-83)58(90)74-51(36(7)8)65(97)78(17)45(29-43-27-25-24-26-28-43)59(91)70-31-47(87)72-49(34(3)4)66(98)81(20)55(41(14)85)62(94)76-52(37(9)10)67(99)82(21)56(42(15)86)61(93)75-50(35(5)6)64(96)77(16)40(13)57(89)69-30-48(88)73-53/h24-28,34-42,44-46,49-56,83-86H,22-23,29-33H2,1-21H3,(H,69,89)(H,70,91)(H,71,92)(H,72,87)(H,73,88)(H,74,90)(H,75,93)(H,76,94)/t38-,39-,40-,41+,42+,44-,45-,46-,49-,50-,51-,52-,53-,54-,55-,56-/m0/s1. The molecule has 16 atom stereocenters. The lowest BCUT2D eigenvalue weighted by Gasteiger charge is -2.38. The van der Waals surface area contributed by atoms with E-state index in [0.29, 0.717) is 12.0 Å². The molecule has 32 heteroatoms. The summed E-state index contributed by atoms with van der Waals surface area (Å²) in [7, 11) is 7.38. The highest BCUT2D eigenvalue weighted by Gasteiger charge is 2.45. The number of benzene rings is 1. The van der Waals surface area contributed by atoms with Crippen LogP contribution in [-0.4, -0.2) is 286 Å². The first-order valence-electron chi connectivity index (χ1n) is 34.1. The number of rotatable bonds is 14. The summed E-state index contributed by atoms with van der Waals surface area (Å²) in [5.41, 5.74) is 0.575. The number of nitrogens with one attached hydrogen (secondary N) is 8. The number of amides is 14. The third kappa shape index (κ3) is 23.4. The molecule has 564 valence electrons. The summed E-state index contributed by atoms with van der Waals surface area (Å²) in [5, 5.41) is 64.1. The molecule has 14 amide bonds. The number of carbonyl (C=O) groups is 14. The molecule has 0 aliphatic carbocycles. The number of nitrogens with zero attached hydrogens (tertiary/aromatic N) is 6. The van der Waals surface area contributed by atoms with E-state index in [1.807, 2.05) is 0 Å². The number of hydrogen-bond donors (Lipinski definition) is 12. The second-order valence-electron chi connectivity index (χ2n) is 27.6. The third-order valence-corrected chi connectivity index (χ3v) is 18.6. The Morgan fingerprint density at radius 2 is 0.740 bits per heavy atom. The minimum Gasteiger partial charge on any atom is -0.394 e. The average Bonchev–Trinajstić information content (AvgIpc) is 0.826. The Balaban J connectivity index is 2.87. The highest BCUT2D eigenvalue weighted by atomic mass is 16.3. The van der Waals surface area contributed by atoms with Crippen molar-refractivity contribution >= 4 is 82.7 Å². The minimum absolute atomic E-state index is 0.125. The van der Waals surface area contributed by atoms with Crippen LogP contribution in [0.15, 0.2) is 30.3 Å². The molecule has 1 saturated heterocycles. The summed E-state index contributed by atoms with van der Waals surface area (Å²) in [6, 6.07) is -9.55. The Labute approximate surface area is 587 Å². The number of aliphatic hydroxyl groups excluding tert-OH is 4. The van der Waals surface area contributed by atoms with Gasteiger partial charge in [-0.1, -0.05) is 126 Å². The van der Waals surface area contributed by atoms with E-state index in [9.17, 15) is 87.5 Å². The highest BCUT2D eigenvalue weighted by Crippen LogP contribution is 2.22. The van der Waals surface area contributed by atoms with E-state index < -0.39 is 229 Å². The topological polar surface area (TPSA) is 436 Å². The molecule has 0 bridgehead atoms. The Bertz CT molecular complexity index is 3010. The predicted molar refractivity (Wildman–Crippen MR) is 369 cm³/mol. The zero-order chi connectivity index (χ0) is 76.8. The Morgan fingerprint density at radius 1 is 0.390 bits per heavy atom. The largest absolute Gasteiger partial charge is 0.394 e. The molecule has 1 aliphatic rings. The van der Waals surface area contributed by atoms with Gasteiger partial charge in [0.05, 0.1) is 38.5 Å². The molecule has 32 nitrogen and oxygen atoms in total. The van der Waals surface area contributed by atoms with E-state index in [0.717, 1.165) is 29.4 Å². The van der Waals surface area contributed by atoms with Crippen LogP contribution in [0.4, 0.5) is 0 Å². The first-order valence-corrected chi connectivity index (χ1v) is 34.1. The molecule has 1 fully saturated rings. The van der Waals surface area contributed by atoms with Crippen molar-refractivity contribution in [2.75, 3.05) is 68.6 Å². The summed E-state index contributed by atoms with van der Waals surface area (Å²) in [5.74, 6) is -16.9. The van der Waals surface area contributed by atoms with E-state index in [2.05, 4.69) is 42.5 Å². The highest BCUT2D eigenvalue weighted by molar-refractivity contribution is 6.00. The molecule has 0 radical (unpaired) electrons. The Morgan fingerprint density at radius 3 is 1.14 bits per heavy atom. The van der Waals surface area contributed by atoms with Crippen molar-refractivity contribution in [1.29, 1.82) is 0 Å². The molecule has 1 heterocycles. The van der Waals surface area contributed by atoms with Crippen molar-refractivity contribution in [2.45, 2.75) is 208 Å². The summed E-state index contributed by atoms with van der Waals surface area (Å²) in [4.78, 5) is 206. The van der Waals surface area contributed by atoms with Crippen LogP contribution in [0.25, 0.3) is 0 Å². The van der Waals surface area contributed by atoms with Gasteiger partial charge in [0.1, 0.15) is 72.5 Å². The van der Waals surface area contributed by atoms with E-state index in [4.69, 9.17) is 0 Å². The van der Waals surface area contributed by atoms with Crippen LogP contribution in [0.1, 0.15) is 122 Å². The van der Waals surface area contributed by atoms with Crippen LogP contribution in [0, 0.1) is 35.5 Å². The molecular weight excluding hydrogens is 1300 g/mol. The smallest absolute Gasteiger partial charge is 0.248 e. The van der Waals surface area contributed by atoms with Crippen molar-refractivity contribution in [3.05, 3.63) is 35.9 Å². The van der Waals surface area contributed by atoms with Crippen LogP contribution < -0.4 is 42.5 Å². The van der Waals surface area contributed by atoms with Crippen LogP contribution in [0.5, 0.6) is 0 Å². The van der Waals surface area contributed by atoms with Crippen molar-refractivity contribution in [3.8, 4) is 0 Å². The minimum atomic E-state index is -1.75. The Hall–Kier alpha value is -8.36. The first kappa shape index (κ1) is 87.7. The summed E-state index contributed by atoms with van der Waals surface area (Å²) < 4.78 is 0. The van der Waals surface area contributed by atoms with Gasteiger partial charge in [0.25, 0.3) is 0 Å². The maximum atomic E-state index is 14.7. The maximum Gasteiger partial charge on any atom is 0.248 e. The van der Waals surface area contributed by atoms with Gasteiger partial charge in [0.2, 0.25) is 82.7 Å². The number of carbonyl (C=O) groups excluding carboxylic acids is 14. The molecule has 2 rings (SSSR count). The van der Waals surface area contributed by atoms with Gasteiger partial charge in [-0.15, -0.1) is 0 Å². The fourth-order valence-electron chi connectivity index (χ4n) is 11.5. The maximum absolute atomic E-state index is 14.7. The van der Waals surface area contributed by atoms with Gasteiger partial charge in [0.15, 0.2) is 0 Å². The number of hydrogen-bond acceptors (Lipinski definition) is 18. The lowest BCUT2D eigenvalue weighted by molar-refractivity contribution is -0.152. The van der Waals surface area contributed by atoms with E-state index in [1.54, 1.807) is 113 Å². The molecule has 12 N–H and O–H groups in total. The molecule has 0 spiro atoms. The predicted octanol–water partition coefficient (Wildman–Crippen LogP) is -3.17. The van der Waals surface area contributed by atoms with Gasteiger partial charge < -0.3 is 92.4 Å². The molecule has 100 heavy (non-hydrogen) atoms. The quantitative estimate of drug-likeness (QED) is 0.0874. The molecular formula is C68H114N14O18. The van der Waals surface area contributed by atoms with Crippen LogP contribution in [-0.2, 0) is 73.5 Å². The van der Waals surface area contributed by atoms with Gasteiger partial charge in [-0.05, 0) is 61.8 Å². The van der Waals surface area contributed by atoms with Crippen molar-refractivity contribution in [1.82, 2.24) is 71.9 Å². The Kier molecular flexibility index (Phi) is 35.2. The van der Waals surface area contributed by atoms with Crippen molar-refractivity contribution < 1.29 is 87.5 Å². The van der Waals surface area contributed by atoms with Gasteiger partial charge in [-0.25, -0.2) is 0 Å². The molecule has 0 aromatic heterocycles. The lowest BCUT2D eigenvalue weighted by Crippen LogP contribution is -2.64. The van der Waals surface area contributed by atoms with E-state index in [-0.39, 0.29) is 12.8 Å². The molecule has 1 aromatic carbocycles. The van der Waals surface area contributed by atoms with E-state index in [1.165, 1.54) is 63.1 Å². The molecule has 0 unspecified atom stereocenters. The van der Waals surface area contributed by atoms with Gasteiger partial charge >= 0.3 is 0 Å². The summed E-state index contributed by atoms with van der Waals surface area (Å²) in [6.45, 7) is 19.6. The zero-order valence-corrected chi connectivity index (χ0v) is 62.1. The monoisotopic (exact) mass is 1410 g/mol. The van der Waals surface area contributed by atoms with Gasteiger partial charge in [-0.2, -0.15) is 0 Å². The second-order valence-corrected chi connectivity index (χ2v) is 27.6. The van der Waals surface area contributed by atoms with Crippen molar-refractivity contribution in [3.63, 3.8) is 0 Å². The molecule has 1 aliphatic heterocycles. The normalized spacial score (nSPS) is 27.4. The van der Waals surface area contributed by atoms with E-state index >= 15 is 0 Å². The fourth-order valence-corrected chi connectivity index (χ4v) is 11.5. The molecule has 0 saturated carbocycles. The van der Waals surface area contributed by atoms with Gasteiger partial charge in [-0.3, -0.25) is 67.1 Å². The average molecular weight is 1420 g/mol. The SMILES string of the molecule is CC[C@H](C)[C@@H]1NC(=O)CNC(=O)[C@H](C)N(C)C(=O)[C@H](C(C)C)NC(=O)[C@H]([C@@H](C)O)N(C)C(=O)[C@H](C(C)C)NC(=O)[C@H]([C@@H](C)O)N(C)C(=O)[C@H](C(C)C)NC(=O)CNC(=O)[C@H](Cc2ccccc2)N(C)C(=O)[C@H](C(C)C)NC(=O)[C@H](CO)NC(=O)[C@H]([C@@H](C)CC)N(C)C(=O)[C@H](CO)N(C)C1=O. The fraction of sp³-hybridized carbons (Fsp3) is 0.706. The third-order valence-electron chi connectivity index (χ3n) is 18.6. The van der Waals surface area contributed by atoms with Gasteiger partial charge in [0, 0.05) is 48.7 Å². The summed E-state index contributed by atoms with van der Waals surface area (Å²) in [6.07, 6.45) is -2.80. The summed E-state index contributed by atoms with van der Waals surface area (Å²) >= 11 is 0. The molecule has 1 aromatic rings. The number of likely N-dealkylation sites (N-methyl/N-ethyl adjacent to an activating group) is 6. The first-order chi connectivity index (χ1) is 46.5.